The number of hydrogen-bond donors (Lipinski definition) is 2. The van der Waals surface area contributed by atoms with Gasteiger partial charge in [-0.3, -0.25) is 0 Å². The molecule has 6 heteroatoms. The molecule has 1 atom stereocenters. The second kappa shape index (κ2) is 10.7. The molecule has 0 amide bonds. The fourth-order valence-corrected chi connectivity index (χ4v) is 0. The second-order valence-electron chi connectivity index (χ2n) is 0.636. The molecular formula is C2H9NO2PS2+. The topological polar surface area (TPSA) is 63.3 Å². The number of rotatable bonds is 1. The van der Waals surface area contributed by atoms with Crippen LogP contribution < -0.4 is 5.50 Å². The van der Waals surface area contributed by atoms with Crippen LogP contribution in [-0.4, -0.2) is 17.4 Å². The van der Waals surface area contributed by atoms with Gasteiger partial charge in [-0.25, -0.2) is 0 Å². The quantitative estimate of drug-likeness (QED) is 0.462. The summed E-state index contributed by atoms with van der Waals surface area (Å²) in [7, 11) is 1.18. The molecule has 0 aliphatic rings. The van der Waals surface area contributed by atoms with E-state index < -0.39 is 8.18 Å². The normalized spacial score (nSPS) is 9.25. The van der Waals surface area contributed by atoms with Crippen molar-refractivity contribution in [2.75, 3.05) is 12.5 Å². The van der Waals surface area contributed by atoms with E-state index in [0.717, 1.165) is 0 Å². The Morgan fingerprint density at radius 1 is 1.50 bits per heavy atom. The second-order valence-corrected chi connectivity index (χ2v) is 3.91. The van der Waals surface area contributed by atoms with Crippen LogP contribution in [0.5, 0.6) is 0 Å². The molecule has 50 valence electrons. The predicted molar refractivity (Wildman–Crippen MR) is 41.0 cm³/mol. The van der Waals surface area contributed by atoms with E-state index in [2.05, 4.69) is 18.0 Å². The van der Waals surface area contributed by atoms with Crippen LogP contribution in [0.3, 0.4) is 0 Å². The van der Waals surface area contributed by atoms with Gasteiger partial charge in [0.25, 0.3) is 0 Å². The molecule has 3 N–H and O–H groups in total. The molecule has 0 aromatic carbocycles. The first-order valence-electron chi connectivity index (χ1n) is 1.62. The molecule has 0 bridgehead atoms. The Morgan fingerprint density at radius 3 is 1.62 bits per heavy atom. The van der Waals surface area contributed by atoms with Gasteiger partial charge in [0.1, 0.15) is 0 Å². The lowest BCUT2D eigenvalue weighted by molar-refractivity contribution is 0.504. The summed E-state index contributed by atoms with van der Waals surface area (Å²) < 4.78 is 8.93. The molecule has 0 heterocycles. The molecule has 0 saturated carbocycles. The molecule has 0 aromatic heterocycles. The Balaban J connectivity index is 0. The Hall–Kier alpha value is 0.720. The molecule has 0 saturated heterocycles. The van der Waals surface area contributed by atoms with Gasteiger partial charge in [0.05, 0.1) is 0 Å². The van der Waals surface area contributed by atoms with E-state index >= 15 is 0 Å². The lowest BCUT2D eigenvalue weighted by atomic mass is 12.0. The molecule has 0 rings (SSSR count). The molecular weight excluding hydrogens is 165 g/mol. The zero-order chi connectivity index (χ0) is 6.99. The molecule has 3 nitrogen and oxygen atoms in total. The van der Waals surface area contributed by atoms with Crippen molar-refractivity contribution in [3.8, 4) is 0 Å². The summed E-state index contributed by atoms with van der Waals surface area (Å²) in [5.41, 5.74) is 4.18. The van der Waals surface area contributed by atoms with Crippen LogP contribution in [0.15, 0.2) is 0 Å². The average Bonchev–Trinajstić information content (AvgIpc) is 1.65. The third-order valence-corrected chi connectivity index (χ3v) is 1.50. The summed E-state index contributed by atoms with van der Waals surface area (Å²) in [5, 5.41) is 0. The highest BCUT2D eigenvalue weighted by atomic mass is 33.1. The van der Waals surface area contributed by atoms with E-state index in [1.165, 1.54) is 0 Å². The zero-order valence-electron chi connectivity index (χ0n) is 4.70. The van der Waals surface area contributed by atoms with Gasteiger partial charge < -0.3 is 0 Å². The highest BCUT2D eigenvalue weighted by Gasteiger charge is 1.88. The minimum Gasteiger partial charge on any atom is -0.144 e. The van der Waals surface area contributed by atoms with Crippen molar-refractivity contribution in [1.29, 1.82) is 0 Å². The summed E-state index contributed by atoms with van der Waals surface area (Å²) >= 11 is 0. The third-order valence-electron chi connectivity index (χ3n) is 0.167. The molecule has 1 unspecified atom stereocenters. The van der Waals surface area contributed by atoms with Crippen molar-refractivity contribution in [3.63, 3.8) is 0 Å². The number of hydrogen-bond acceptors (Lipinski definition) is 3. The monoisotopic (exact) mass is 174 g/mol. The van der Waals surface area contributed by atoms with Crippen LogP contribution in [0, 0.1) is 0 Å². The lowest BCUT2D eigenvalue weighted by Gasteiger charge is -1.69. The van der Waals surface area contributed by atoms with Crippen LogP contribution in [-0.2, 0) is 4.57 Å². The Labute approximate surface area is 57.7 Å². The smallest absolute Gasteiger partial charge is 0.144 e. The first-order valence-corrected chi connectivity index (χ1v) is 5.87. The van der Waals surface area contributed by atoms with Gasteiger partial charge in [0.2, 0.25) is 0 Å². The highest BCUT2D eigenvalue weighted by molar-refractivity contribution is 8.76. The van der Waals surface area contributed by atoms with Gasteiger partial charge in [-0.1, -0.05) is 27.1 Å². The van der Waals surface area contributed by atoms with Crippen molar-refractivity contribution < 1.29 is 9.46 Å². The molecule has 0 aromatic rings. The van der Waals surface area contributed by atoms with Crippen molar-refractivity contribution in [2.45, 2.75) is 0 Å². The summed E-state index contributed by atoms with van der Waals surface area (Å²) in [6, 6.07) is 0. The van der Waals surface area contributed by atoms with Crippen molar-refractivity contribution in [1.82, 2.24) is 0 Å². The SMILES string of the molecule is CSSC.N[P+](=O)O. The van der Waals surface area contributed by atoms with Crippen molar-refractivity contribution >= 4 is 29.8 Å². The fourth-order valence-electron chi connectivity index (χ4n) is 0. The Morgan fingerprint density at radius 2 is 1.62 bits per heavy atom. The van der Waals surface area contributed by atoms with Gasteiger partial charge in [0, 0.05) is 0 Å². The summed E-state index contributed by atoms with van der Waals surface area (Å²) in [4.78, 5) is 7.34. The molecule has 0 aliphatic carbocycles. The largest absolute Gasteiger partial charge is 0.607 e. The maximum absolute atomic E-state index is 8.93. The molecule has 0 aliphatic heterocycles. The molecule has 0 radical (unpaired) electrons. The number of nitrogens with two attached hydrogens (primary N) is 1. The van der Waals surface area contributed by atoms with E-state index in [9.17, 15) is 0 Å². The van der Waals surface area contributed by atoms with Crippen molar-refractivity contribution in [2.24, 2.45) is 5.50 Å². The van der Waals surface area contributed by atoms with Crippen LogP contribution in [0.25, 0.3) is 0 Å². The minimum absolute atomic E-state index is 1.77. The first kappa shape index (κ1) is 11.5. The van der Waals surface area contributed by atoms with Crippen LogP contribution in [0.4, 0.5) is 0 Å². The van der Waals surface area contributed by atoms with E-state index in [1.54, 1.807) is 21.6 Å². The highest BCUT2D eigenvalue weighted by Crippen LogP contribution is 2.09. The average molecular weight is 174 g/mol. The van der Waals surface area contributed by atoms with Crippen molar-refractivity contribution in [3.05, 3.63) is 0 Å². The van der Waals surface area contributed by atoms with E-state index in [-0.39, 0.29) is 0 Å². The molecule has 8 heavy (non-hydrogen) atoms. The maximum Gasteiger partial charge on any atom is 0.607 e. The fraction of sp³-hybridized carbons (Fsp3) is 1.00. The van der Waals surface area contributed by atoms with Gasteiger partial charge >= 0.3 is 8.18 Å². The lowest BCUT2D eigenvalue weighted by Crippen LogP contribution is -1.68. The maximum atomic E-state index is 8.93. The van der Waals surface area contributed by atoms with Gasteiger partial charge in [-0.15, -0.1) is 4.89 Å². The zero-order valence-corrected chi connectivity index (χ0v) is 7.22. The first-order chi connectivity index (χ1) is 3.65. The predicted octanol–water partition coefficient (Wildman–Crippen LogP) is 1.22. The van der Waals surface area contributed by atoms with E-state index in [1.807, 2.05) is 0 Å². The van der Waals surface area contributed by atoms with E-state index in [4.69, 9.17) is 9.46 Å². The molecule has 0 spiro atoms. The van der Waals surface area contributed by atoms with Crippen LogP contribution in [0.1, 0.15) is 0 Å². The Bertz CT molecular complexity index is 56.0. The van der Waals surface area contributed by atoms with Gasteiger partial charge in [-0.2, -0.15) is 0 Å². The van der Waals surface area contributed by atoms with Gasteiger partial charge in [-0.05, 0) is 17.1 Å². The standard InChI is InChI=1S/C2H6S2.H2NO2P/c1-3-4-2;1-4(2)3/h1-2H3;(H2-,1,2,3)/p+1. The summed E-state index contributed by atoms with van der Waals surface area (Å²) in [6.45, 7) is 0. The minimum atomic E-state index is -2.37. The third kappa shape index (κ3) is 74.3. The van der Waals surface area contributed by atoms with E-state index in [0.29, 0.717) is 0 Å². The Kier molecular flexibility index (Phi) is 15.3. The summed E-state index contributed by atoms with van der Waals surface area (Å²) in [5.74, 6) is 0. The van der Waals surface area contributed by atoms with Crippen LogP contribution in [0.2, 0.25) is 0 Å². The summed E-state index contributed by atoms with van der Waals surface area (Å²) in [6.07, 6.45) is 4.12. The van der Waals surface area contributed by atoms with Crippen LogP contribution >= 0.6 is 29.8 Å². The van der Waals surface area contributed by atoms with Gasteiger partial charge in [0.15, 0.2) is 0 Å². The molecule has 0 fully saturated rings.